The Hall–Kier alpha value is -3.35. The molecular weight excluding hydrogens is 444 g/mol. The predicted octanol–water partition coefficient (Wildman–Crippen LogP) is 4.55. The number of hydrogen-bond donors (Lipinski definition) is 2. The lowest BCUT2D eigenvalue weighted by molar-refractivity contribution is -0.143. The number of carbonyl (C=O) groups is 3. The molecule has 2 aromatic rings. The Morgan fingerprint density at radius 3 is 2.11 bits per heavy atom. The van der Waals surface area contributed by atoms with Crippen molar-refractivity contribution >= 4 is 18.0 Å². The van der Waals surface area contributed by atoms with Crippen LogP contribution in [0.25, 0.3) is 11.1 Å². The van der Waals surface area contributed by atoms with Crippen LogP contribution in [0.15, 0.2) is 48.5 Å². The normalized spacial score (nSPS) is 18.9. The Balaban J connectivity index is 1.22. The average Bonchev–Trinajstić information content (AvgIpc) is 3.54. The number of nitrogens with one attached hydrogen (secondary N) is 1. The number of nitrogens with zero attached hydrogens (tertiary/aromatic N) is 1. The van der Waals surface area contributed by atoms with E-state index in [1.807, 2.05) is 36.4 Å². The SMILES string of the molecule is CN(C(=O)C(CC(=O)O)NC(=O)OCC1c2ccccc2-c2ccccc21)C1CCC2(CC1)CC2. The summed E-state index contributed by atoms with van der Waals surface area (Å²) in [6, 6.07) is 15.0. The predicted molar refractivity (Wildman–Crippen MR) is 131 cm³/mol. The third-order valence-electron chi connectivity index (χ3n) is 8.18. The summed E-state index contributed by atoms with van der Waals surface area (Å²) in [5.41, 5.74) is 4.92. The molecule has 0 bridgehead atoms. The molecule has 2 amide bonds. The number of aliphatic carboxylic acids is 1. The molecule has 1 unspecified atom stereocenters. The minimum absolute atomic E-state index is 0.0781. The van der Waals surface area contributed by atoms with Crippen LogP contribution < -0.4 is 5.32 Å². The topological polar surface area (TPSA) is 95.9 Å². The Morgan fingerprint density at radius 1 is 1.00 bits per heavy atom. The van der Waals surface area contributed by atoms with Gasteiger partial charge in [-0.1, -0.05) is 48.5 Å². The van der Waals surface area contributed by atoms with Gasteiger partial charge >= 0.3 is 12.1 Å². The van der Waals surface area contributed by atoms with E-state index < -0.39 is 24.5 Å². The summed E-state index contributed by atoms with van der Waals surface area (Å²) in [6.45, 7) is 0.106. The Kier molecular flexibility index (Phi) is 6.26. The summed E-state index contributed by atoms with van der Waals surface area (Å²) in [7, 11) is 1.71. The first-order valence-electron chi connectivity index (χ1n) is 12.5. The van der Waals surface area contributed by atoms with Crippen LogP contribution in [0.1, 0.15) is 62.0 Å². The van der Waals surface area contributed by atoms with Gasteiger partial charge in [0.1, 0.15) is 12.6 Å². The summed E-state index contributed by atoms with van der Waals surface area (Å²) >= 11 is 0. The molecule has 35 heavy (non-hydrogen) atoms. The third kappa shape index (κ3) is 4.77. The van der Waals surface area contributed by atoms with Crippen LogP contribution in [-0.4, -0.2) is 53.7 Å². The highest BCUT2D eigenvalue weighted by Crippen LogP contribution is 2.56. The molecule has 2 N–H and O–H groups in total. The molecule has 2 aromatic carbocycles. The van der Waals surface area contributed by atoms with Crippen molar-refractivity contribution in [1.82, 2.24) is 10.2 Å². The second kappa shape index (κ2) is 9.36. The lowest BCUT2D eigenvalue weighted by atomic mass is 9.83. The molecule has 1 spiro atoms. The molecule has 3 aliphatic carbocycles. The fraction of sp³-hybridized carbons (Fsp3) is 0.464. The third-order valence-corrected chi connectivity index (χ3v) is 8.18. The number of carboxylic acids is 1. The second-order valence-corrected chi connectivity index (χ2v) is 10.3. The Labute approximate surface area is 205 Å². The minimum Gasteiger partial charge on any atom is -0.481 e. The summed E-state index contributed by atoms with van der Waals surface area (Å²) in [6.07, 6.45) is 5.37. The summed E-state index contributed by atoms with van der Waals surface area (Å²) in [5.74, 6) is -1.63. The first kappa shape index (κ1) is 23.4. The van der Waals surface area contributed by atoms with E-state index in [9.17, 15) is 19.5 Å². The summed E-state index contributed by atoms with van der Waals surface area (Å²) in [4.78, 5) is 39.0. The fourth-order valence-corrected chi connectivity index (χ4v) is 5.86. The molecular formula is C28H32N2O5. The lowest BCUT2D eigenvalue weighted by Crippen LogP contribution is -2.52. The van der Waals surface area contributed by atoms with Crippen LogP contribution in [0.5, 0.6) is 0 Å². The molecule has 0 aliphatic heterocycles. The molecule has 0 aromatic heterocycles. The quantitative estimate of drug-likeness (QED) is 0.611. The molecule has 2 saturated carbocycles. The highest BCUT2D eigenvalue weighted by atomic mass is 16.5. The lowest BCUT2D eigenvalue weighted by Gasteiger charge is -2.36. The number of benzene rings is 2. The van der Waals surface area contributed by atoms with E-state index in [1.165, 1.54) is 12.8 Å². The number of carbonyl (C=O) groups excluding carboxylic acids is 2. The molecule has 1 atom stereocenters. The van der Waals surface area contributed by atoms with Gasteiger partial charge in [0, 0.05) is 19.0 Å². The molecule has 0 heterocycles. The van der Waals surface area contributed by atoms with Crippen molar-refractivity contribution in [2.24, 2.45) is 5.41 Å². The highest BCUT2D eigenvalue weighted by molar-refractivity contribution is 5.89. The van der Waals surface area contributed by atoms with Gasteiger partial charge in [-0.25, -0.2) is 4.79 Å². The van der Waals surface area contributed by atoms with Gasteiger partial charge in [0.2, 0.25) is 5.91 Å². The summed E-state index contributed by atoms with van der Waals surface area (Å²) in [5, 5.41) is 11.9. The maximum absolute atomic E-state index is 13.2. The summed E-state index contributed by atoms with van der Waals surface area (Å²) < 4.78 is 5.55. The van der Waals surface area contributed by atoms with Crippen molar-refractivity contribution in [2.45, 2.75) is 62.9 Å². The molecule has 3 aliphatic rings. The van der Waals surface area contributed by atoms with Gasteiger partial charge in [0.15, 0.2) is 0 Å². The minimum atomic E-state index is -1.16. The Bertz CT molecular complexity index is 1090. The zero-order chi connectivity index (χ0) is 24.6. The number of hydrogen-bond acceptors (Lipinski definition) is 4. The number of rotatable bonds is 7. The van der Waals surface area contributed by atoms with Crippen LogP contribution in [0.4, 0.5) is 4.79 Å². The van der Waals surface area contributed by atoms with Crippen LogP contribution in [0.2, 0.25) is 0 Å². The second-order valence-electron chi connectivity index (χ2n) is 10.3. The van der Waals surface area contributed by atoms with Crippen LogP contribution >= 0.6 is 0 Å². The van der Waals surface area contributed by atoms with E-state index in [-0.39, 0.29) is 24.5 Å². The Morgan fingerprint density at radius 2 is 1.57 bits per heavy atom. The van der Waals surface area contributed by atoms with Crippen LogP contribution in [0.3, 0.4) is 0 Å². The molecule has 7 heteroatoms. The van der Waals surface area contributed by atoms with Gasteiger partial charge in [-0.2, -0.15) is 0 Å². The van der Waals surface area contributed by atoms with E-state index in [2.05, 4.69) is 17.4 Å². The molecule has 2 fully saturated rings. The van der Waals surface area contributed by atoms with Crippen molar-refractivity contribution < 1.29 is 24.2 Å². The molecule has 0 radical (unpaired) electrons. The van der Waals surface area contributed by atoms with E-state index in [0.717, 1.165) is 47.9 Å². The number of fused-ring (bicyclic) bond motifs is 3. The standard InChI is InChI=1S/C28H32N2O5/c1-30(18-10-12-28(13-11-18)14-15-28)26(33)24(16-25(31)32)29-27(34)35-17-23-21-8-4-2-6-19(21)20-7-3-5-9-22(20)23/h2-9,18,23-24H,10-17H2,1H3,(H,29,34)(H,31,32). The van der Waals surface area contributed by atoms with E-state index >= 15 is 0 Å². The van der Waals surface area contributed by atoms with Crippen molar-refractivity contribution in [3.05, 3.63) is 59.7 Å². The van der Waals surface area contributed by atoms with E-state index in [0.29, 0.717) is 5.41 Å². The highest BCUT2D eigenvalue weighted by Gasteiger charge is 2.46. The van der Waals surface area contributed by atoms with Gasteiger partial charge < -0.3 is 20.1 Å². The van der Waals surface area contributed by atoms with Crippen molar-refractivity contribution in [2.75, 3.05) is 13.7 Å². The zero-order valence-corrected chi connectivity index (χ0v) is 20.0. The maximum atomic E-state index is 13.2. The van der Waals surface area contributed by atoms with Crippen molar-refractivity contribution in [3.8, 4) is 11.1 Å². The van der Waals surface area contributed by atoms with Gasteiger partial charge in [0.05, 0.1) is 6.42 Å². The number of ether oxygens (including phenoxy) is 1. The smallest absolute Gasteiger partial charge is 0.407 e. The van der Waals surface area contributed by atoms with Gasteiger partial charge in [-0.05, 0) is 66.2 Å². The zero-order valence-electron chi connectivity index (χ0n) is 20.0. The molecule has 5 rings (SSSR count). The number of alkyl carbamates (subject to hydrolysis) is 1. The fourth-order valence-electron chi connectivity index (χ4n) is 5.86. The average molecular weight is 477 g/mol. The van der Waals surface area contributed by atoms with Gasteiger partial charge in [-0.15, -0.1) is 0 Å². The number of carboxylic acid groups (broad SMARTS) is 1. The van der Waals surface area contributed by atoms with Crippen LogP contribution in [-0.2, 0) is 14.3 Å². The monoisotopic (exact) mass is 476 g/mol. The number of amides is 2. The van der Waals surface area contributed by atoms with Gasteiger partial charge in [0.25, 0.3) is 0 Å². The van der Waals surface area contributed by atoms with Crippen molar-refractivity contribution in [3.63, 3.8) is 0 Å². The van der Waals surface area contributed by atoms with Crippen LogP contribution in [0, 0.1) is 5.41 Å². The maximum Gasteiger partial charge on any atom is 0.407 e. The molecule has 7 nitrogen and oxygen atoms in total. The van der Waals surface area contributed by atoms with Crippen molar-refractivity contribution in [1.29, 1.82) is 0 Å². The largest absolute Gasteiger partial charge is 0.481 e. The number of likely N-dealkylation sites (N-methyl/N-ethyl adjacent to an activating group) is 1. The first-order valence-corrected chi connectivity index (χ1v) is 12.5. The van der Waals surface area contributed by atoms with E-state index in [4.69, 9.17) is 4.74 Å². The molecule has 0 saturated heterocycles. The van der Waals surface area contributed by atoms with E-state index in [1.54, 1.807) is 11.9 Å². The first-order chi connectivity index (χ1) is 16.9. The van der Waals surface area contributed by atoms with Gasteiger partial charge in [-0.3, -0.25) is 9.59 Å². The molecule has 184 valence electrons.